The van der Waals surface area contributed by atoms with Crippen LogP contribution in [0.3, 0.4) is 0 Å². The first-order valence-electron chi connectivity index (χ1n) is 9.23. The molecule has 1 amide bonds. The van der Waals surface area contributed by atoms with Crippen molar-refractivity contribution in [3.05, 3.63) is 29.3 Å². The number of esters is 2. The lowest BCUT2D eigenvalue weighted by Gasteiger charge is -2.29. The second kappa shape index (κ2) is 9.10. The summed E-state index contributed by atoms with van der Waals surface area (Å²) in [6.07, 6.45) is 1.36. The van der Waals surface area contributed by atoms with Crippen molar-refractivity contribution in [2.75, 3.05) is 6.79 Å². The standard InChI is InChI=1S/C19H26BNO7/c1-5-7-15(22)21-14-10-12-8-6-9-13(16(12)28-20(14)25)17(23)26-11-27-18(24)19(2,3)4/h6,8-9,14,25H,5,7,10-11H2,1-4H3,(H,21,22)/t14-/m0/s1. The second-order valence-electron chi connectivity index (χ2n) is 7.66. The maximum absolute atomic E-state index is 12.4. The van der Waals surface area contributed by atoms with Crippen LogP contribution in [0.4, 0.5) is 0 Å². The average Bonchev–Trinajstić information content (AvgIpc) is 2.61. The largest absolute Gasteiger partial charge is 0.547 e. The smallest absolute Gasteiger partial charge is 0.534 e. The Bertz CT molecular complexity index is 744. The number of para-hydroxylation sites is 1. The molecule has 2 N–H and O–H groups in total. The van der Waals surface area contributed by atoms with Crippen molar-refractivity contribution in [2.24, 2.45) is 5.41 Å². The highest BCUT2D eigenvalue weighted by molar-refractivity contribution is 6.47. The van der Waals surface area contributed by atoms with E-state index >= 15 is 0 Å². The zero-order chi connectivity index (χ0) is 20.9. The predicted molar refractivity (Wildman–Crippen MR) is 101 cm³/mol. The van der Waals surface area contributed by atoms with E-state index in [2.05, 4.69) is 5.32 Å². The van der Waals surface area contributed by atoms with Crippen LogP contribution in [0.2, 0.25) is 0 Å². The molecule has 9 heteroatoms. The van der Waals surface area contributed by atoms with Crippen LogP contribution in [0.25, 0.3) is 0 Å². The molecule has 1 aromatic carbocycles. The molecule has 8 nitrogen and oxygen atoms in total. The quantitative estimate of drug-likeness (QED) is 0.431. The lowest BCUT2D eigenvalue weighted by atomic mass is 9.72. The zero-order valence-electron chi connectivity index (χ0n) is 16.6. The molecule has 0 bridgehead atoms. The summed E-state index contributed by atoms with van der Waals surface area (Å²) in [5, 5.41) is 13.0. The Hall–Kier alpha value is -2.55. The van der Waals surface area contributed by atoms with Gasteiger partial charge in [-0.05, 0) is 45.2 Å². The van der Waals surface area contributed by atoms with E-state index in [4.69, 9.17) is 14.1 Å². The third kappa shape index (κ3) is 5.48. The Labute approximate surface area is 164 Å². The summed E-state index contributed by atoms with van der Waals surface area (Å²) < 4.78 is 15.4. The van der Waals surface area contributed by atoms with Crippen molar-refractivity contribution in [1.82, 2.24) is 5.32 Å². The zero-order valence-corrected chi connectivity index (χ0v) is 16.6. The fourth-order valence-corrected chi connectivity index (χ4v) is 2.65. The first kappa shape index (κ1) is 21.8. The molecule has 2 rings (SSSR count). The van der Waals surface area contributed by atoms with E-state index in [9.17, 15) is 19.4 Å². The fourth-order valence-electron chi connectivity index (χ4n) is 2.65. The second-order valence-corrected chi connectivity index (χ2v) is 7.66. The number of amides is 1. The number of hydrogen-bond donors (Lipinski definition) is 2. The maximum atomic E-state index is 12.4. The highest BCUT2D eigenvalue weighted by Crippen LogP contribution is 2.30. The van der Waals surface area contributed by atoms with Crippen LogP contribution in [-0.4, -0.2) is 42.7 Å². The summed E-state index contributed by atoms with van der Waals surface area (Å²) in [6, 6.07) is 4.90. The molecule has 0 radical (unpaired) electrons. The number of benzene rings is 1. The minimum absolute atomic E-state index is 0.113. The van der Waals surface area contributed by atoms with Crippen LogP contribution in [0.15, 0.2) is 18.2 Å². The molecule has 0 saturated carbocycles. The van der Waals surface area contributed by atoms with E-state index in [0.29, 0.717) is 24.8 Å². The molecule has 1 aromatic rings. The van der Waals surface area contributed by atoms with Gasteiger partial charge in [0.1, 0.15) is 11.3 Å². The third-order valence-corrected chi connectivity index (χ3v) is 4.15. The van der Waals surface area contributed by atoms with Crippen LogP contribution in [0.1, 0.15) is 56.5 Å². The van der Waals surface area contributed by atoms with Crippen molar-refractivity contribution >= 4 is 25.0 Å². The van der Waals surface area contributed by atoms with Crippen LogP contribution in [0.5, 0.6) is 5.75 Å². The first-order valence-corrected chi connectivity index (χ1v) is 9.23. The van der Waals surface area contributed by atoms with E-state index in [1.807, 2.05) is 6.92 Å². The summed E-state index contributed by atoms with van der Waals surface area (Å²) in [5.41, 5.74) is 0.0675. The monoisotopic (exact) mass is 391 g/mol. The van der Waals surface area contributed by atoms with Gasteiger partial charge in [-0.3, -0.25) is 9.59 Å². The first-order chi connectivity index (χ1) is 13.1. The number of nitrogens with one attached hydrogen (secondary N) is 1. The molecule has 0 saturated heterocycles. The predicted octanol–water partition coefficient (Wildman–Crippen LogP) is 1.63. The normalized spacial score (nSPS) is 15.9. The van der Waals surface area contributed by atoms with Gasteiger partial charge in [0, 0.05) is 6.42 Å². The van der Waals surface area contributed by atoms with Gasteiger partial charge in [0.15, 0.2) is 0 Å². The minimum Gasteiger partial charge on any atom is -0.534 e. The number of hydrogen-bond acceptors (Lipinski definition) is 7. The molecule has 1 atom stereocenters. The Morgan fingerprint density at radius 1 is 1.29 bits per heavy atom. The van der Waals surface area contributed by atoms with Crippen molar-refractivity contribution in [3.8, 4) is 5.75 Å². The summed E-state index contributed by atoms with van der Waals surface area (Å²) in [6.45, 7) is 6.44. The van der Waals surface area contributed by atoms with Gasteiger partial charge in [-0.15, -0.1) is 0 Å². The molecule has 1 aliphatic heterocycles. The molecule has 0 fully saturated rings. The van der Waals surface area contributed by atoms with Crippen LogP contribution in [0, 0.1) is 5.41 Å². The number of ether oxygens (including phenoxy) is 2. The highest BCUT2D eigenvalue weighted by Gasteiger charge is 2.37. The van der Waals surface area contributed by atoms with Gasteiger partial charge in [0.2, 0.25) is 12.7 Å². The summed E-state index contributed by atoms with van der Waals surface area (Å²) in [4.78, 5) is 35.9. The molecule has 0 spiro atoms. The average molecular weight is 391 g/mol. The van der Waals surface area contributed by atoms with E-state index in [-0.39, 0.29) is 17.2 Å². The fraction of sp³-hybridized carbons (Fsp3) is 0.526. The molecule has 28 heavy (non-hydrogen) atoms. The van der Waals surface area contributed by atoms with Crippen molar-refractivity contribution in [1.29, 1.82) is 0 Å². The molecule has 1 aliphatic rings. The van der Waals surface area contributed by atoms with Gasteiger partial charge in [-0.25, -0.2) is 4.79 Å². The number of rotatable bonds is 6. The molecule has 1 heterocycles. The van der Waals surface area contributed by atoms with E-state index in [1.54, 1.807) is 32.9 Å². The molecule has 152 valence electrons. The lowest BCUT2D eigenvalue weighted by molar-refractivity contribution is -0.161. The van der Waals surface area contributed by atoms with E-state index < -0.39 is 37.2 Å². The van der Waals surface area contributed by atoms with Gasteiger partial charge in [-0.1, -0.05) is 19.1 Å². The van der Waals surface area contributed by atoms with Gasteiger partial charge in [0.05, 0.1) is 11.4 Å². The summed E-state index contributed by atoms with van der Waals surface area (Å²) in [5.74, 6) is -1.81. The van der Waals surface area contributed by atoms with Crippen molar-refractivity contribution < 1.29 is 33.5 Å². The molecule has 0 aromatic heterocycles. The van der Waals surface area contributed by atoms with Crippen LogP contribution >= 0.6 is 0 Å². The Kier molecular flexibility index (Phi) is 7.07. The summed E-state index contributed by atoms with van der Waals surface area (Å²) >= 11 is 0. The van der Waals surface area contributed by atoms with Gasteiger partial charge < -0.3 is 24.5 Å². The molecule has 0 aliphatic carbocycles. The SMILES string of the molecule is CCCC(=O)N[C@H]1Cc2cccc(C(=O)OCOC(=O)C(C)(C)C)c2OB1O. The molecular weight excluding hydrogens is 365 g/mol. The Morgan fingerprint density at radius 2 is 2.00 bits per heavy atom. The summed E-state index contributed by atoms with van der Waals surface area (Å²) in [7, 11) is -1.29. The lowest BCUT2D eigenvalue weighted by Crippen LogP contribution is -2.53. The Morgan fingerprint density at radius 3 is 2.64 bits per heavy atom. The Balaban J connectivity index is 2.04. The highest BCUT2D eigenvalue weighted by atomic mass is 16.7. The number of carbonyl (C=O) groups excluding carboxylic acids is 3. The van der Waals surface area contributed by atoms with Crippen molar-refractivity contribution in [2.45, 2.75) is 52.9 Å². The van der Waals surface area contributed by atoms with Crippen molar-refractivity contribution in [3.63, 3.8) is 0 Å². The van der Waals surface area contributed by atoms with E-state index in [0.717, 1.165) is 0 Å². The number of fused-ring (bicyclic) bond motifs is 1. The van der Waals surface area contributed by atoms with Crippen LogP contribution < -0.4 is 9.97 Å². The van der Waals surface area contributed by atoms with E-state index in [1.165, 1.54) is 6.07 Å². The third-order valence-electron chi connectivity index (χ3n) is 4.15. The number of carbonyl (C=O) groups is 3. The van der Waals surface area contributed by atoms with Crippen LogP contribution in [-0.2, 0) is 25.5 Å². The van der Waals surface area contributed by atoms with Gasteiger partial charge >= 0.3 is 19.1 Å². The van der Waals surface area contributed by atoms with Gasteiger partial charge in [-0.2, -0.15) is 0 Å². The minimum atomic E-state index is -1.29. The molecule has 0 unspecified atom stereocenters. The maximum Gasteiger partial charge on any atom is 0.547 e. The van der Waals surface area contributed by atoms with Gasteiger partial charge in [0.25, 0.3) is 0 Å². The topological polar surface area (TPSA) is 111 Å². The molecular formula is C19H26BNO7.